The van der Waals surface area contributed by atoms with E-state index in [9.17, 15) is 4.79 Å². The minimum atomic E-state index is -0.0293. The fraction of sp³-hybridized carbons (Fsp3) is 0.294. The Bertz CT molecular complexity index is 644. The van der Waals surface area contributed by atoms with Crippen LogP contribution < -0.4 is 14.8 Å². The second-order valence-corrected chi connectivity index (χ2v) is 5.15. The molecule has 0 bridgehead atoms. The molecule has 1 aromatic heterocycles. The van der Waals surface area contributed by atoms with Crippen molar-refractivity contribution < 1.29 is 14.3 Å². The number of rotatable bonds is 4. The predicted molar refractivity (Wildman–Crippen MR) is 81.8 cm³/mol. The molecule has 1 aliphatic heterocycles. The lowest BCUT2D eigenvalue weighted by molar-refractivity contribution is -0.120. The Morgan fingerprint density at radius 2 is 2.00 bits per heavy atom. The third-order valence-corrected chi connectivity index (χ3v) is 3.39. The highest BCUT2D eigenvalue weighted by Crippen LogP contribution is 2.30. The monoisotopic (exact) mass is 298 g/mol. The van der Waals surface area contributed by atoms with Crippen molar-refractivity contribution in [2.45, 2.75) is 19.4 Å². The van der Waals surface area contributed by atoms with Gasteiger partial charge in [-0.3, -0.25) is 9.78 Å². The lowest BCUT2D eigenvalue weighted by atomic mass is 10.1. The fourth-order valence-electron chi connectivity index (χ4n) is 2.27. The van der Waals surface area contributed by atoms with E-state index in [2.05, 4.69) is 10.3 Å². The zero-order valence-corrected chi connectivity index (χ0v) is 12.2. The van der Waals surface area contributed by atoms with Crippen LogP contribution in [0.4, 0.5) is 0 Å². The van der Waals surface area contributed by atoms with Gasteiger partial charge in [0, 0.05) is 25.4 Å². The molecule has 0 unspecified atom stereocenters. The molecule has 0 atom stereocenters. The number of aromatic nitrogens is 1. The molecule has 0 saturated carbocycles. The first kappa shape index (κ1) is 14.4. The Hall–Kier alpha value is -2.56. The molecule has 0 spiro atoms. The molecule has 1 aromatic carbocycles. The van der Waals surface area contributed by atoms with Gasteiger partial charge in [-0.15, -0.1) is 0 Å². The first-order chi connectivity index (χ1) is 10.8. The van der Waals surface area contributed by atoms with E-state index in [0.717, 1.165) is 29.0 Å². The van der Waals surface area contributed by atoms with Crippen LogP contribution in [0.25, 0.3) is 0 Å². The molecule has 5 nitrogen and oxygen atoms in total. The zero-order chi connectivity index (χ0) is 15.2. The van der Waals surface area contributed by atoms with Gasteiger partial charge >= 0.3 is 0 Å². The molecule has 1 aliphatic rings. The van der Waals surface area contributed by atoms with Crippen molar-refractivity contribution in [2.75, 3.05) is 13.2 Å². The summed E-state index contributed by atoms with van der Waals surface area (Å²) in [6.07, 6.45) is 4.64. The van der Waals surface area contributed by atoms with Crippen LogP contribution in [-0.4, -0.2) is 24.1 Å². The maximum atomic E-state index is 12.0. The summed E-state index contributed by atoms with van der Waals surface area (Å²) in [6.45, 7) is 1.79. The van der Waals surface area contributed by atoms with E-state index in [0.29, 0.717) is 26.2 Å². The minimum Gasteiger partial charge on any atom is -0.490 e. The van der Waals surface area contributed by atoms with Crippen molar-refractivity contribution in [3.63, 3.8) is 0 Å². The summed E-state index contributed by atoms with van der Waals surface area (Å²) in [7, 11) is 0. The maximum Gasteiger partial charge on any atom is 0.224 e. The second kappa shape index (κ2) is 6.93. The largest absolute Gasteiger partial charge is 0.490 e. The third-order valence-electron chi connectivity index (χ3n) is 3.39. The van der Waals surface area contributed by atoms with Gasteiger partial charge in [-0.1, -0.05) is 12.1 Å². The molecule has 0 saturated heterocycles. The standard InChI is InChI=1S/C17H18N2O3/c20-17(19-12-14-3-1-6-18-11-14)10-13-4-5-15-16(9-13)22-8-2-7-21-15/h1,3-6,9,11H,2,7-8,10,12H2,(H,19,20). The van der Waals surface area contributed by atoms with Crippen LogP contribution in [0.3, 0.4) is 0 Å². The van der Waals surface area contributed by atoms with Crippen LogP contribution in [0.5, 0.6) is 11.5 Å². The first-order valence-electron chi connectivity index (χ1n) is 7.35. The number of amides is 1. The summed E-state index contributed by atoms with van der Waals surface area (Å²) in [6, 6.07) is 9.43. The van der Waals surface area contributed by atoms with Crippen molar-refractivity contribution in [3.8, 4) is 11.5 Å². The van der Waals surface area contributed by atoms with Gasteiger partial charge in [0.25, 0.3) is 0 Å². The van der Waals surface area contributed by atoms with Crippen molar-refractivity contribution in [3.05, 3.63) is 53.9 Å². The molecule has 1 amide bonds. The topological polar surface area (TPSA) is 60.5 Å². The molecule has 2 heterocycles. The van der Waals surface area contributed by atoms with Gasteiger partial charge < -0.3 is 14.8 Å². The Morgan fingerprint density at radius 1 is 1.14 bits per heavy atom. The van der Waals surface area contributed by atoms with E-state index in [4.69, 9.17) is 9.47 Å². The summed E-state index contributed by atoms with van der Waals surface area (Å²) in [5, 5.41) is 2.89. The summed E-state index contributed by atoms with van der Waals surface area (Å²) in [5.74, 6) is 1.44. The van der Waals surface area contributed by atoms with Crippen molar-refractivity contribution in [2.24, 2.45) is 0 Å². The molecule has 1 N–H and O–H groups in total. The molecule has 0 fully saturated rings. The number of nitrogens with one attached hydrogen (secondary N) is 1. The summed E-state index contributed by atoms with van der Waals surface area (Å²) < 4.78 is 11.2. The molecule has 2 aromatic rings. The van der Waals surface area contributed by atoms with E-state index in [1.165, 1.54) is 0 Å². The number of nitrogens with zero attached hydrogens (tertiary/aromatic N) is 1. The average Bonchev–Trinajstić information content (AvgIpc) is 2.79. The predicted octanol–water partition coefficient (Wildman–Crippen LogP) is 2.10. The van der Waals surface area contributed by atoms with Gasteiger partial charge in [0.15, 0.2) is 11.5 Å². The average molecular weight is 298 g/mol. The zero-order valence-electron chi connectivity index (χ0n) is 12.2. The SMILES string of the molecule is O=C(Cc1ccc2c(c1)OCCCO2)NCc1cccnc1. The molecule has 22 heavy (non-hydrogen) atoms. The van der Waals surface area contributed by atoms with E-state index >= 15 is 0 Å². The van der Waals surface area contributed by atoms with Crippen LogP contribution in [0.1, 0.15) is 17.5 Å². The van der Waals surface area contributed by atoms with Crippen LogP contribution in [-0.2, 0) is 17.8 Å². The van der Waals surface area contributed by atoms with E-state index < -0.39 is 0 Å². The highest BCUT2D eigenvalue weighted by atomic mass is 16.5. The maximum absolute atomic E-state index is 12.0. The van der Waals surface area contributed by atoms with Crippen molar-refractivity contribution in [1.29, 1.82) is 0 Å². The van der Waals surface area contributed by atoms with Gasteiger partial charge in [0.1, 0.15) is 0 Å². The molecule has 5 heteroatoms. The number of fused-ring (bicyclic) bond motifs is 1. The molecular weight excluding hydrogens is 280 g/mol. The molecule has 3 rings (SSSR count). The number of benzene rings is 1. The second-order valence-electron chi connectivity index (χ2n) is 5.15. The van der Waals surface area contributed by atoms with Gasteiger partial charge in [0.2, 0.25) is 5.91 Å². The summed E-state index contributed by atoms with van der Waals surface area (Å²) in [4.78, 5) is 16.0. The van der Waals surface area contributed by atoms with Gasteiger partial charge in [-0.05, 0) is 29.3 Å². The van der Waals surface area contributed by atoms with Crippen molar-refractivity contribution in [1.82, 2.24) is 10.3 Å². The normalized spacial score (nSPS) is 13.3. The van der Waals surface area contributed by atoms with Crippen LogP contribution in [0, 0.1) is 0 Å². The number of carbonyl (C=O) groups excluding carboxylic acids is 1. The van der Waals surface area contributed by atoms with E-state index in [1.807, 2.05) is 30.3 Å². The van der Waals surface area contributed by atoms with Gasteiger partial charge in [0.05, 0.1) is 19.6 Å². The third kappa shape index (κ3) is 3.75. The highest BCUT2D eigenvalue weighted by Gasteiger charge is 2.12. The Morgan fingerprint density at radius 3 is 2.82 bits per heavy atom. The summed E-state index contributed by atoms with van der Waals surface area (Å²) in [5.41, 5.74) is 1.89. The van der Waals surface area contributed by atoms with E-state index in [1.54, 1.807) is 12.4 Å². The van der Waals surface area contributed by atoms with Crippen LogP contribution in [0.2, 0.25) is 0 Å². The van der Waals surface area contributed by atoms with Crippen LogP contribution >= 0.6 is 0 Å². The number of pyridine rings is 1. The van der Waals surface area contributed by atoms with Gasteiger partial charge in [-0.2, -0.15) is 0 Å². The molecule has 0 radical (unpaired) electrons. The van der Waals surface area contributed by atoms with E-state index in [-0.39, 0.29) is 5.91 Å². The van der Waals surface area contributed by atoms with Crippen LogP contribution in [0.15, 0.2) is 42.7 Å². The molecular formula is C17H18N2O3. The number of hydrogen-bond donors (Lipinski definition) is 1. The number of ether oxygens (including phenoxy) is 2. The Labute approximate surface area is 129 Å². The quantitative estimate of drug-likeness (QED) is 0.939. The minimum absolute atomic E-state index is 0.0293. The number of hydrogen-bond acceptors (Lipinski definition) is 4. The first-order valence-corrected chi connectivity index (χ1v) is 7.35. The smallest absolute Gasteiger partial charge is 0.224 e. The fourth-order valence-corrected chi connectivity index (χ4v) is 2.27. The Balaban J connectivity index is 1.58. The summed E-state index contributed by atoms with van der Waals surface area (Å²) >= 11 is 0. The lowest BCUT2D eigenvalue weighted by Crippen LogP contribution is -2.24. The Kier molecular flexibility index (Phi) is 4.53. The molecule has 0 aliphatic carbocycles. The highest BCUT2D eigenvalue weighted by molar-refractivity contribution is 5.78. The lowest BCUT2D eigenvalue weighted by Gasteiger charge is -2.09. The van der Waals surface area contributed by atoms with Crippen molar-refractivity contribution >= 4 is 5.91 Å². The van der Waals surface area contributed by atoms with Gasteiger partial charge in [-0.25, -0.2) is 0 Å². The molecule has 114 valence electrons. The number of carbonyl (C=O) groups is 1.